The first-order chi connectivity index (χ1) is 8.31. The maximum atomic E-state index is 12.7. The first-order valence-electron chi connectivity index (χ1n) is 5.60. The van der Waals surface area contributed by atoms with E-state index in [1.165, 1.54) is 12.1 Å². The summed E-state index contributed by atoms with van der Waals surface area (Å²) in [5.74, 6) is -0.399. The van der Waals surface area contributed by atoms with Crippen LogP contribution in [0.2, 0.25) is 0 Å². The van der Waals surface area contributed by atoms with Gasteiger partial charge in [-0.3, -0.25) is 0 Å². The van der Waals surface area contributed by atoms with Crippen LogP contribution in [-0.2, 0) is 6.18 Å². The first-order valence-corrected chi connectivity index (χ1v) is 5.60. The molecule has 0 bridgehead atoms. The Kier molecular flexibility index (Phi) is 4.36. The molecular weight excluding hydrogens is 243 g/mol. The maximum Gasteiger partial charge on any atom is 0.417 e. The van der Waals surface area contributed by atoms with Crippen molar-refractivity contribution in [2.24, 2.45) is 0 Å². The molecule has 0 heterocycles. The number of nitriles is 1. The molecule has 0 spiro atoms. The number of alkyl halides is 3. The molecule has 5 heteroatoms. The zero-order valence-electron chi connectivity index (χ0n) is 10.1. The number of halogens is 3. The summed E-state index contributed by atoms with van der Waals surface area (Å²) in [7, 11) is 0. The van der Waals surface area contributed by atoms with Gasteiger partial charge in [0.1, 0.15) is 0 Å². The van der Waals surface area contributed by atoms with Gasteiger partial charge < -0.3 is 5.11 Å². The number of hydrogen-bond acceptors (Lipinski definition) is 2. The SMILES string of the molecule is CCC(O)C(C)c1ccc(C#N)c(C(F)(F)F)c1. The van der Waals surface area contributed by atoms with E-state index in [0.717, 1.165) is 12.1 Å². The molecule has 1 aromatic rings. The lowest BCUT2D eigenvalue weighted by Crippen LogP contribution is -2.16. The fraction of sp³-hybridized carbons (Fsp3) is 0.462. The highest BCUT2D eigenvalue weighted by atomic mass is 19.4. The molecule has 0 aliphatic carbocycles. The van der Waals surface area contributed by atoms with Crippen molar-refractivity contribution in [1.82, 2.24) is 0 Å². The Hall–Kier alpha value is -1.54. The molecule has 0 saturated carbocycles. The number of aliphatic hydroxyl groups is 1. The van der Waals surface area contributed by atoms with Crippen molar-refractivity contribution >= 4 is 0 Å². The van der Waals surface area contributed by atoms with E-state index in [-0.39, 0.29) is 0 Å². The van der Waals surface area contributed by atoms with Gasteiger partial charge in [0.25, 0.3) is 0 Å². The summed E-state index contributed by atoms with van der Waals surface area (Å²) < 4.78 is 38.2. The van der Waals surface area contributed by atoms with Gasteiger partial charge in [0.15, 0.2) is 0 Å². The van der Waals surface area contributed by atoms with Crippen molar-refractivity contribution in [3.8, 4) is 6.07 Å². The second-order valence-electron chi connectivity index (χ2n) is 4.18. The minimum atomic E-state index is -4.56. The van der Waals surface area contributed by atoms with E-state index in [2.05, 4.69) is 0 Å². The molecular formula is C13H14F3NO. The summed E-state index contributed by atoms with van der Waals surface area (Å²) in [5.41, 5.74) is -0.960. The molecule has 1 N–H and O–H groups in total. The highest BCUT2D eigenvalue weighted by Crippen LogP contribution is 2.34. The van der Waals surface area contributed by atoms with Crippen LogP contribution >= 0.6 is 0 Å². The maximum absolute atomic E-state index is 12.7. The summed E-state index contributed by atoms with van der Waals surface area (Å²) in [6.45, 7) is 3.42. The van der Waals surface area contributed by atoms with Gasteiger partial charge in [0.05, 0.1) is 23.3 Å². The van der Waals surface area contributed by atoms with Crippen LogP contribution in [0.1, 0.15) is 42.9 Å². The summed E-state index contributed by atoms with van der Waals surface area (Å²) in [6.07, 6.45) is -4.79. The molecule has 18 heavy (non-hydrogen) atoms. The average molecular weight is 257 g/mol. The molecule has 0 saturated heterocycles. The molecule has 1 aromatic carbocycles. The predicted molar refractivity (Wildman–Crippen MR) is 60.9 cm³/mol. The van der Waals surface area contributed by atoms with Crippen LogP contribution in [0.25, 0.3) is 0 Å². The van der Waals surface area contributed by atoms with Gasteiger partial charge in [0.2, 0.25) is 0 Å². The molecule has 2 atom stereocenters. The third-order valence-corrected chi connectivity index (χ3v) is 2.99. The van der Waals surface area contributed by atoms with Crippen molar-refractivity contribution in [1.29, 1.82) is 5.26 Å². The summed E-state index contributed by atoms with van der Waals surface area (Å²) >= 11 is 0. The molecule has 0 radical (unpaired) electrons. The third kappa shape index (κ3) is 3.02. The molecule has 1 rings (SSSR count). The molecule has 0 aliphatic rings. The summed E-state index contributed by atoms with van der Waals surface area (Å²) in [4.78, 5) is 0. The van der Waals surface area contributed by atoms with E-state index in [4.69, 9.17) is 5.26 Å². The van der Waals surface area contributed by atoms with Crippen LogP contribution < -0.4 is 0 Å². The predicted octanol–water partition coefficient (Wildman–Crippen LogP) is 3.45. The van der Waals surface area contributed by atoms with Crippen LogP contribution in [-0.4, -0.2) is 11.2 Å². The first kappa shape index (κ1) is 14.5. The zero-order valence-corrected chi connectivity index (χ0v) is 10.1. The lowest BCUT2D eigenvalue weighted by Gasteiger charge is -2.19. The summed E-state index contributed by atoms with van der Waals surface area (Å²) in [6, 6.07) is 5.08. The third-order valence-electron chi connectivity index (χ3n) is 2.99. The van der Waals surface area contributed by atoms with E-state index < -0.39 is 29.3 Å². The molecule has 2 nitrogen and oxygen atoms in total. The van der Waals surface area contributed by atoms with E-state index in [9.17, 15) is 18.3 Å². The highest BCUT2D eigenvalue weighted by Gasteiger charge is 2.34. The van der Waals surface area contributed by atoms with Gasteiger partial charge >= 0.3 is 6.18 Å². The molecule has 98 valence electrons. The smallest absolute Gasteiger partial charge is 0.393 e. The Morgan fingerprint density at radius 1 is 1.39 bits per heavy atom. The van der Waals surface area contributed by atoms with Crippen LogP contribution in [0, 0.1) is 11.3 Å². The Bertz CT molecular complexity index is 462. The van der Waals surface area contributed by atoms with E-state index in [1.807, 2.05) is 0 Å². The van der Waals surface area contributed by atoms with Gasteiger partial charge in [-0.2, -0.15) is 18.4 Å². The number of aliphatic hydroxyl groups excluding tert-OH is 1. The van der Waals surface area contributed by atoms with E-state index >= 15 is 0 Å². The average Bonchev–Trinajstić information content (AvgIpc) is 2.35. The van der Waals surface area contributed by atoms with E-state index in [0.29, 0.717) is 12.0 Å². The fourth-order valence-corrected chi connectivity index (χ4v) is 1.75. The molecule has 0 amide bonds. The zero-order chi connectivity index (χ0) is 13.9. The summed E-state index contributed by atoms with van der Waals surface area (Å²) in [5, 5.41) is 18.3. The van der Waals surface area contributed by atoms with Gasteiger partial charge in [-0.1, -0.05) is 19.9 Å². The van der Waals surface area contributed by atoms with Gasteiger partial charge in [-0.05, 0) is 24.1 Å². The van der Waals surface area contributed by atoms with Crippen molar-refractivity contribution < 1.29 is 18.3 Å². The number of rotatable bonds is 3. The Labute approximate surface area is 104 Å². The fourth-order valence-electron chi connectivity index (χ4n) is 1.75. The van der Waals surface area contributed by atoms with Crippen LogP contribution in [0.5, 0.6) is 0 Å². The lowest BCUT2D eigenvalue weighted by atomic mass is 9.91. The minimum Gasteiger partial charge on any atom is -0.393 e. The second-order valence-corrected chi connectivity index (χ2v) is 4.18. The van der Waals surface area contributed by atoms with Crippen LogP contribution in [0.4, 0.5) is 13.2 Å². The molecule has 0 aliphatic heterocycles. The van der Waals surface area contributed by atoms with E-state index in [1.54, 1.807) is 13.8 Å². The monoisotopic (exact) mass is 257 g/mol. The molecule has 0 fully saturated rings. The Morgan fingerprint density at radius 3 is 2.44 bits per heavy atom. The lowest BCUT2D eigenvalue weighted by molar-refractivity contribution is -0.137. The van der Waals surface area contributed by atoms with Gasteiger partial charge in [0, 0.05) is 5.92 Å². The highest BCUT2D eigenvalue weighted by molar-refractivity contribution is 5.43. The largest absolute Gasteiger partial charge is 0.417 e. The van der Waals surface area contributed by atoms with Crippen molar-refractivity contribution in [2.75, 3.05) is 0 Å². The van der Waals surface area contributed by atoms with Crippen LogP contribution in [0.3, 0.4) is 0 Å². The standard InChI is InChI=1S/C13H14F3NO/c1-3-12(18)8(2)9-4-5-10(7-17)11(6-9)13(14,15)16/h4-6,8,12,18H,3H2,1-2H3. The number of hydrogen-bond donors (Lipinski definition) is 1. The molecule has 2 unspecified atom stereocenters. The van der Waals surface area contributed by atoms with Gasteiger partial charge in [-0.25, -0.2) is 0 Å². The normalized spacial score (nSPS) is 14.9. The van der Waals surface area contributed by atoms with Gasteiger partial charge in [-0.15, -0.1) is 0 Å². The number of nitrogens with zero attached hydrogens (tertiary/aromatic N) is 1. The second kappa shape index (κ2) is 5.40. The van der Waals surface area contributed by atoms with Crippen molar-refractivity contribution in [2.45, 2.75) is 38.5 Å². The number of benzene rings is 1. The van der Waals surface area contributed by atoms with Crippen LogP contribution in [0.15, 0.2) is 18.2 Å². The van der Waals surface area contributed by atoms with Crippen molar-refractivity contribution in [3.05, 3.63) is 34.9 Å². The Balaban J connectivity index is 3.24. The topological polar surface area (TPSA) is 44.0 Å². The molecule has 0 aromatic heterocycles. The minimum absolute atomic E-state index is 0.385. The van der Waals surface area contributed by atoms with Crippen molar-refractivity contribution in [3.63, 3.8) is 0 Å². The quantitative estimate of drug-likeness (QED) is 0.901. The Morgan fingerprint density at radius 2 is 2.00 bits per heavy atom.